The standard InChI is InChI=1S/C27H30N4O4S/c1-5-31(6-2)10-9-28-26(33)24-15(3)22(29-16(24)4)13-20-19-11-17(7-8-21(19)30-25(20)32)18-12-23(27(34)35)36-14-18/h7-8,11-14,29H,5-6,9-10H2,1-4H3,(H,28,33)(H,30,32)(H,34,35)/b20-13-. The number of rotatable bonds is 9. The van der Waals surface area contributed by atoms with E-state index >= 15 is 0 Å². The molecule has 3 heterocycles. The van der Waals surface area contributed by atoms with E-state index in [4.69, 9.17) is 0 Å². The van der Waals surface area contributed by atoms with Crippen molar-refractivity contribution >= 4 is 46.5 Å². The number of nitrogens with zero attached hydrogens (tertiary/aromatic N) is 1. The van der Waals surface area contributed by atoms with Crippen LogP contribution in [0.25, 0.3) is 22.8 Å². The van der Waals surface area contributed by atoms with Crippen molar-refractivity contribution in [1.29, 1.82) is 0 Å². The number of nitrogens with one attached hydrogen (secondary N) is 3. The molecule has 0 aliphatic carbocycles. The van der Waals surface area contributed by atoms with Crippen LogP contribution in [-0.2, 0) is 4.79 Å². The van der Waals surface area contributed by atoms with Crippen LogP contribution in [0.4, 0.5) is 5.69 Å². The first-order chi connectivity index (χ1) is 17.2. The zero-order valence-electron chi connectivity index (χ0n) is 20.8. The van der Waals surface area contributed by atoms with Crippen LogP contribution in [0.3, 0.4) is 0 Å². The molecule has 1 aliphatic heterocycles. The number of aromatic amines is 1. The van der Waals surface area contributed by atoms with Gasteiger partial charge in [0.2, 0.25) is 0 Å². The Balaban J connectivity index is 1.61. The van der Waals surface area contributed by atoms with Gasteiger partial charge in [0.1, 0.15) is 4.88 Å². The van der Waals surface area contributed by atoms with E-state index in [1.807, 2.05) is 32.0 Å². The molecule has 3 aromatic rings. The molecule has 4 N–H and O–H groups in total. The van der Waals surface area contributed by atoms with E-state index in [1.54, 1.807) is 17.5 Å². The highest BCUT2D eigenvalue weighted by Gasteiger charge is 2.26. The quantitative estimate of drug-likeness (QED) is 0.316. The monoisotopic (exact) mass is 506 g/mol. The molecule has 8 nitrogen and oxygen atoms in total. The lowest BCUT2D eigenvalue weighted by Gasteiger charge is -2.18. The van der Waals surface area contributed by atoms with Crippen LogP contribution >= 0.6 is 11.3 Å². The zero-order valence-corrected chi connectivity index (χ0v) is 21.6. The molecule has 9 heteroatoms. The Hall–Kier alpha value is -3.69. The SMILES string of the molecule is CCN(CC)CCNC(=O)c1c(C)[nH]c(/C=C2\C(=O)Nc3ccc(-c4csc(C(=O)O)c4)cc32)c1C. The first kappa shape index (κ1) is 25.4. The molecule has 0 bridgehead atoms. The van der Waals surface area contributed by atoms with Crippen molar-refractivity contribution in [2.45, 2.75) is 27.7 Å². The summed E-state index contributed by atoms with van der Waals surface area (Å²) >= 11 is 1.17. The van der Waals surface area contributed by atoms with Gasteiger partial charge in [-0.2, -0.15) is 0 Å². The Labute approximate surface area is 214 Å². The van der Waals surface area contributed by atoms with Gasteiger partial charge in [-0.05, 0) is 73.3 Å². The summed E-state index contributed by atoms with van der Waals surface area (Å²) in [6.45, 7) is 11.1. The lowest BCUT2D eigenvalue weighted by atomic mass is 9.99. The zero-order chi connectivity index (χ0) is 26.0. The van der Waals surface area contributed by atoms with Crippen LogP contribution in [0.5, 0.6) is 0 Å². The number of fused-ring (bicyclic) bond motifs is 1. The number of aromatic carboxylic acids is 1. The second-order valence-electron chi connectivity index (χ2n) is 8.72. The molecule has 188 valence electrons. The number of hydrogen-bond donors (Lipinski definition) is 4. The highest BCUT2D eigenvalue weighted by molar-refractivity contribution is 7.12. The van der Waals surface area contributed by atoms with Gasteiger partial charge in [0.25, 0.3) is 11.8 Å². The fourth-order valence-corrected chi connectivity index (χ4v) is 5.22. The Kier molecular flexibility index (Phi) is 7.42. The van der Waals surface area contributed by atoms with Crippen molar-refractivity contribution in [3.63, 3.8) is 0 Å². The third-order valence-electron chi connectivity index (χ3n) is 6.55. The summed E-state index contributed by atoms with van der Waals surface area (Å²) in [7, 11) is 0. The predicted octanol–water partition coefficient (Wildman–Crippen LogP) is 4.62. The molecular weight excluding hydrogens is 476 g/mol. The van der Waals surface area contributed by atoms with Crippen molar-refractivity contribution in [1.82, 2.24) is 15.2 Å². The maximum absolute atomic E-state index is 12.9. The number of carboxylic acids is 1. The van der Waals surface area contributed by atoms with Gasteiger partial charge in [0, 0.05) is 35.7 Å². The van der Waals surface area contributed by atoms with Crippen LogP contribution in [-0.4, -0.2) is 59.0 Å². The molecule has 2 aromatic heterocycles. The van der Waals surface area contributed by atoms with Crippen LogP contribution in [0, 0.1) is 13.8 Å². The summed E-state index contributed by atoms with van der Waals surface area (Å²) in [6, 6.07) is 7.20. The Morgan fingerprint density at radius 3 is 2.56 bits per heavy atom. The van der Waals surface area contributed by atoms with Crippen molar-refractivity contribution in [2.24, 2.45) is 0 Å². The summed E-state index contributed by atoms with van der Waals surface area (Å²) in [5, 5.41) is 16.9. The maximum Gasteiger partial charge on any atom is 0.345 e. The van der Waals surface area contributed by atoms with E-state index in [0.717, 1.165) is 47.6 Å². The molecular formula is C27H30N4O4S. The largest absolute Gasteiger partial charge is 0.477 e. The van der Waals surface area contributed by atoms with Gasteiger partial charge in [-0.15, -0.1) is 11.3 Å². The highest BCUT2D eigenvalue weighted by atomic mass is 32.1. The molecule has 0 fully saturated rings. The van der Waals surface area contributed by atoms with Gasteiger partial charge in [0.15, 0.2) is 0 Å². The van der Waals surface area contributed by atoms with Gasteiger partial charge in [0.05, 0.1) is 11.1 Å². The average Bonchev–Trinajstić information content (AvgIpc) is 3.53. The van der Waals surface area contributed by atoms with Gasteiger partial charge >= 0.3 is 5.97 Å². The third-order valence-corrected chi connectivity index (χ3v) is 7.46. The minimum atomic E-state index is -0.963. The number of carbonyl (C=O) groups excluding carboxylic acids is 2. The molecule has 0 spiro atoms. The minimum Gasteiger partial charge on any atom is -0.477 e. The van der Waals surface area contributed by atoms with E-state index in [-0.39, 0.29) is 16.7 Å². The van der Waals surface area contributed by atoms with E-state index in [0.29, 0.717) is 29.1 Å². The summed E-state index contributed by atoms with van der Waals surface area (Å²) in [6.07, 6.45) is 1.77. The number of carboxylic acid groups (broad SMARTS) is 1. The minimum absolute atomic E-state index is 0.136. The number of benzene rings is 1. The van der Waals surface area contributed by atoms with Crippen molar-refractivity contribution in [3.05, 3.63) is 62.6 Å². The van der Waals surface area contributed by atoms with E-state index in [9.17, 15) is 19.5 Å². The second kappa shape index (κ2) is 10.5. The Bertz CT molecular complexity index is 1360. The van der Waals surface area contributed by atoms with Crippen molar-refractivity contribution in [3.8, 4) is 11.1 Å². The van der Waals surface area contributed by atoms with Gasteiger partial charge in [-0.1, -0.05) is 19.9 Å². The molecule has 1 aromatic carbocycles. The molecule has 0 saturated carbocycles. The van der Waals surface area contributed by atoms with Crippen LogP contribution in [0.2, 0.25) is 0 Å². The lowest BCUT2D eigenvalue weighted by Crippen LogP contribution is -2.35. The van der Waals surface area contributed by atoms with Crippen LogP contribution in [0.1, 0.15) is 56.4 Å². The molecule has 0 saturated heterocycles. The molecule has 36 heavy (non-hydrogen) atoms. The van der Waals surface area contributed by atoms with E-state index < -0.39 is 5.97 Å². The second-order valence-corrected chi connectivity index (χ2v) is 9.63. The number of likely N-dealkylation sites (N-methyl/N-ethyl adjacent to an activating group) is 1. The Morgan fingerprint density at radius 1 is 1.14 bits per heavy atom. The molecule has 0 radical (unpaired) electrons. The van der Waals surface area contributed by atoms with Gasteiger partial charge < -0.3 is 25.6 Å². The number of hydrogen-bond acceptors (Lipinski definition) is 5. The number of aromatic nitrogens is 1. The number of thiophene rings is 1. The van der Waals surface area contributed by atoms with Gasteiger partial charge in [-0.3, -0.25) is 9.59 Å². The molecule has 0 atom stereocenters. The van der Waals surface area contributed by atoms with E-state index in [1.165, 1.54) is 11.3 Å². The number of H-pyrrole nitrogens is 1. The molecule has 2 amide bonds. The van der Waals surface area contributed by atoms with Crippen LogP contribution < -0.4 is 10.6 Å². The molecule has 4 rings (SSSR count). The smallest absolute Gasteiger partial charge is 0.345 e. The number of amides is 2. The van der Waals surface area contributed by atoms with Crippen molar-refractivity contribution in [2.75, 3.05) is 31.5 Å². The maximum atomic E-state index is 12.9. The fourth-order valence-electron chi connectivity index (χ4n) is 4.47. The highest BCUT2D eigenvalue weighted by Crippen LogP contribution is 2.37. The number of anilines is 1. The molecule has 1 aliphatic rings. The number of carbonyl (C=O) groups is 3. The Morgan fingerprint density at radius 2 is 1.89 bits per heavy atom. The van der Waals surface area contributed by atoms with Crippen molar-refractivity contribution < 1.29 is 19.5 Å². The summed E-state index contributed by atoms with van der Waals surface area (Å²) in [4.78, 5) is 42.8. The topological polar surface area (TPSA) is 115 Å². The summed E-state index contributed by atoms with van der Waals surface area (Å²) in [5.74, 6) is -1.32. The third kappa shape index (κ3) is 4.98. The normalized spacial score (nSPS) is 13.8. The lowest BCUT2D eigenvalue weighted by molar-refractivity contribution is -0.110. The first-order valence-electron chi connectivity index (χ1n) is 11.9. The van der Waals surface area contributed by atoms with E-state index in [2.05, 4.69) is 34.4 Å². The summed E-state index contributed by atoms with van der Waals surface area (Å²) in [5.41, 5.74) is 6.34. The summed E-state index contributed by atoms with van der Waals surface area (Å²) < 4.78 is 0. The number of aryl methyl sites for hydroxylation is 1. The predicted molar refractivity (Wildman–Crippen MR) is 144 cm³/mol. The molecule has 0 unspecified atom stereocenters. The average molecular weight is 507 g/mol. The fraction of sp³-hybridized carbons (Fsp3) is 0.296. The van der Waals surface area contributed by atoms with Crippen LogP contribution in [0.15, 0.2) is 29.6 Å². The van der Waals surface area contributed by atoms with Gasteiger partial charge in [-0.25, -0.2) is 4.79 Å². The first-order valence-corrected chi connectivity index (χ1v) is 12.8.